The molecule has 0 bridgehead atoms. The van der Waals surface area contributed by atoms with Crippen molar-refractivity contribution in [2.45, 2.75) is 72.1 Å². The summed E-state index contributed by atoms with van der Waals surface area (Å²) in [7, 11) is 0. The SMILES string of the molecule is CC1=C[C@@H]2/C=C(\C)CC[C@H](O)[C@@H](O)/C=C/C(=O)[C@@]23C(=O)N[C@@H](CC(C)C)[C@@H]3[C@@H]1C. The van der Waals surface area contributed by atoms with Gasteiger partial charge in [-0.3, -0.25) is 9.59 Å². The molecule has 1 saturated heterocycles. The summed E-state index contributed by atoms with van der Waals surface area (Å²) in [4.78, 5) is 27.1. The quantitative estimate of drug-likeness (QED) is 0.490. The summed E-state index contributed by atoms with van der Waals surface area (Å²) in [6, 6.07) is -0.0599. The lowest BCUT2D eigenvalue weighted by molar-refractivity contribution is -0.142. The molecule has 5 heteroatoms. The fourth-order valence-electron chi connectivity index (χ4n) is 5.53. The zero-order valence-electron chi connectivity index (χ0n) is 18.2. The Balaban J connectivity index is 2.20. The lowest BCUT2D eigenvalue weighted by atomic mass is 9.55. The number of allylic oxidation sites excluding steroid dienone is 5. The highest BCUT2D eigenvalue weighted by molar-refractivity contribution is 6.13. The van der Waals surface area contributed by atoms with Gasteiger partial charge in [-0.05, 0) is 51.0 Å². The Labute approximate surface area is 174 Å². The summed E-state index contributed by atoms with van der Waals surface area (Å²) in [6.07, 6.45) is 6.60. The highest BCUT2D eigenvalue weighted by atomic mass is 16.3. The van der Waals surface area contributed by atoms with Gasteiger partial charge in [0.2, 0.25) is 5.91 Å². The molecule has 0 saturated carbocycles. The van der Waals surface area contributed by atoms with Crippen molar-refractivity contribution in [3.63, 3.8) is 0 Å². The van der Waals surface area contributed by atoms with Crippen LogP contribution in [0.25, 0.3) is 0 Å². The number of carbonyl (C=O) groups excluding carboxylic acids is 2. The average Bonchev–Trinajstić information content (AvgIpc) is 2.93. The molecule has 3 N–H and O–H groups in total. The van der Waals surface area contributed by atoms with Crippen LogP contribution in [0.15, 0.2) is 35.5 Å². The number of hydrogen-bond donors (Lipinski definition) is 3. The number of aliphatic hydroxyl groups is 2. The van der Waals surface area contributed by atoms with Gasteiger partial charge >= 0.3 is 0 Å². The number of nitrogens with one attached hydrogen (secondary N) is 1. The Morgan fingerprint density at radius 1 is 1.21 bits per heavy atom. The minimum atomic E-state index is -1.20. The molecule has 2 aliphatic carbocycles. The molecular weight excluding hydrogens is 366 g/mol. The van der Waals surface area contributed by atoms with Crippen LogP contribution < -0.4 is 5.32 Å². The summed E-state index contributed by atoms with van der Waals surface area (Å²) in [5.41, 5.74) is 1.02. The largest absolute Gasteiger partial charge is 0.390 e. The first-order chi connectivity index (χ1) is 13.6. The third-order valence-corrected chi connectivity index (χ3v) is 7.15. The van der Waals surface area contributed by atoms with Gasteiger partial charge in [0.25, 0.3) is 0 Å². The summed E-state index contributed by atoms with van der Waals surface area (Å²) in [5.74, 6) is -0.455. The van der Waals surface area contributed by atoms with E-state index in [1.54, 1.807) is 0 Å². The van der Waals surface area contributed by atoms with Crippen molar-refractivity contribution in [1.82, 2.24) is 5.32 Å². The van der Waals surface area contributed by atoms with Gasteiger partial charge in [-0.1, -0.05) is 50.1 Å². The molecule has 0 unspecified atom stereocenters. The third kappa shape index (κ3) is 3.75. The van der Waals surface area contributed by atoms with E-state index in [4.69, 9.17) is 0 Å². The first-order valence-electron chi connectivity index (χ1n) is 10.8. The number of carbonyl (C=O) groups is 2. The maximum absolute atomic E-state index is 13.6. The molecule has 0 aromatic carbocycles. The van der Waals surface area contributed by atoms with Gasteiger partial charge in [0.05, 0.1) is 12.2 Å². The molecule has 3 rings (SSSR count). The zero-order valence-corrected chi connectivity index (χ0v) is 18.2. The van der Waals surface area contributed by atoms with Crippen molar-refractivity contribution in [3.8, 4) is 0 Å². The van der Waals surface area contributed by atoms with E-state index in [1.807, 2.05) is 13.0 Å². The van der Waals surface area contributed by atoms with E-state index in [1.165, 1.54) is 17.7 Å². The monoisotopic (exact) mass is 401 g/mol. The molecule has 160 valence electrons. The Morgan fingerprint density at radius 3 is 2.55 bits per heavy atom. The lowest BCUT2D eigenvalue weighted by Crippen LogP contribution is -2.51. The number of hydrogen-bond acceptors (Lipinski definition) is 4. The van der Waals surface area contributed by atoms with Crippen LogP contribution in [0.3, 0.4) is 0 Å². The van der Waals surface area contributed by atoms with Crippen LogP contribution >= 0.6 is 0 Å². The second kappa shape index (κ2) is 8.19. The Hall–Kier alpha value is -1.72. The van der Waals surface area contributed by atoms with Crippen LogP contribution in [0.5, 0.6) is 0 Å². The van der Waals surface area contributed by atoms with E-state index in [-0.39, 0.29) is 35.5 Å². The van der Waals surface area contributed by atoms with Crippen molar-refractivity contribution in [2.24, 2.45) is 29.1 Å². The highest BCUT2D eigenvalue weighted by Gasteiger charge is 2.64. The number of ketones is 1. The summed E-state index contributed by atoms with van der Waals surface area (Å²) in [5, 5.41) is 23.6. The molecule has 0 aromatic rings. The van der Waals surface area contributed by atoms with Gasteiger partial charge in [-0.2, -0.15) is 0 Å². The summed E-state index contributed by atoms with van der Waals surface area (Å²) in [6.45, 7) is 10.4. The highest BCUT2D eigenvalue weighted by Crippen LogP contribution is 2.55. The van der Waals surface area contributed by atoms with Crippen molar-refractivity contribution in [1.29, 1.82) is 0 Å². The van der Waals surface area contributed by atoms with Crippen LogP contribution in [0.1, 0.15) is 53.9 Å². The number of rotatable bonds is 2. The minimum Gasteiger partial charge on any atom is -0.390 e. The van der Waals surface area contributed by atoms with Gasteiger partial charge in [-0.15, -0.1) is 0 Å². The van der Waals surface area contributed by atoms with Gasteiger partial charge in [0.15, 0.2) is 5.78 Å². The molecule has 0 aromatic heterocycles. The Bertz CT molecular complexity index is 765. The predicted octanol–water partition coefficient (Wildman–Crippen LogP) is 2.93. The first-order valence-corrected chi connectivity index (χ1v) is 10.8. The van der Waals surface area contributed by atoms with Gasteiger partial charge in [0, 0.05) is 17.9 Å². The van der Waals surface area contributed by atoms with Crippen LogP contribution in [0.2, 0.25) is 0 Å². The van der Waals surface area contributed by atoms with Crippen LogP contribution in [-0.4, -0.2) is 40.2 Å². The maximum Gasteiger partial charge on any atom is 0.235 e. The average molecular weight is 402 g/mol. The number of aliphatic hydroxyl groups excluding tert-OH is 2. The molecule has 1 heterocycles. The molecule has 29 heavy (non-hydrogen) atoms. The molecule has 0 radical (unpaired) electrons. The zero-order chi connectivity index (χ0) is 21.5. The van der Waals surface area contributed by atoms with E-state index in [0.29, 0.717) is 18.8 Å². The second-order valence-electron chi connectivity index (χ2n) is 9.66. The van der Waals surface area contributed by atoms with Crippen LogP contribution in [-0.2, 0) is 9.59 Å². The smallest absolute Gasteiger partial charge is 0.235 e. The predicted molar refractivity (Wildman–Crippen MR) is 113 cm³/mol. The second-order valence-corrected chi connectivity index (χ2v) is 9.66. The van der Waals surface area contributed by atoms with Gasteiger partial charge in [0.1, 0.15) is 5.41 Å². The fraction of sp³-hybridized carbons (Fsp3) is 0.667. The number of amides is 1. The standard InChI is InChI=1S/C24H35NO4/c1-13(2)10-18-22-16(5)15(4)12-17-11-14(3)6-7-19(26)20(27)8-9-21(28)24(17,22)23(29)25-18/h8-9,11-13,16-20,22,26-27H,6-7,10H2,1-5H3,(H,25,29)/b9-8+,14-11+/t16-,17+,18+,19+,20+,22+,24+/m1/s1. The molecule has 5 nitrogen and oxygen atoms in total. The molecule has 7 atom stereocenters. The maximum atomic E-state index is 13.6. The van der Waals surface area contributed by atoms with E-state index < -0.39 is 17.6 Å². The van der Waals surface area contributed by atoms with Crippen molar-refractivity contribution < 1.29 is 19.8 Å². The van der Waals surface area contributed by atoms with Gasteiger partial charge in [-0.25, -0.2) is 0 Å². The van der Waals surface area contributed by atoms with Crippen molar-refractivity contribution in [3.05, 3.63) is 35.5 Å². The molecular formula is C24H35NO4. The Morgan fingerprint density at radius 2 is 1.90 bits per heavy atom. The van der Waals surface area contributed by atoms with Crippen molar-refractivity contribution >= 4 is 11.7 Å². The normalized spacial score (nSPS) is 43.4. The van der Waals surface area contributed by atoms with Crippen molar-refractivity contribution in [2.75, 3.05) is 0 Å². The molecule has 3 aliphatic rings. The fourth-order valence-corrected chi connectivity index (χ4v) is 5.53. The van der Waals surface area contributed by atoms with Crippen LogP contribution in [0.4, 0.5) is 0 Å². The summed E-state index contributed by atoms with van der Waals surface area (Å²) < 4.78 is 0. The molecule has 1 fully saturated rings. The Kier molecular flexibility index (Phi) is 6.21. The minimum absolute atomic E-state index is 0.0599. The molecule has 1 spiro atoms. The van der Waals surface area contributed by atoms with E-state index in [2.05, 4.69) is 39.1 Å². The molecule has 1 aliphatic heterocycles. The topological polar surface area (TPSA) is 86.6 Å². The summed E-state index contributed by atoms with van der Waals surface area (Å²) >= 11 is 0. The van der Waals surface area contributed by atoms with E-state index in [9.17, 15) is 19.8 Å². The van der Waals surface area contributed by atoms with Crippen LogP contribution in [0, 0.1) is 29.1 Å². The first kappa shape index (κ1) is 22.0. The van der Waals surface area contributed by atoms with E-state index >= 15 is 0 Å². The lowest BCUT2D eigenvalue weighted by Gasteiger charge is -2.44. The van der Waals surface area contributed by atoms with E-state index in [0.717, 1.165) is 12.0 Å². The molecule has 1 amide bonds. The third-order valence-electron chi connectivity index (χ3n) is 7.15. The van der Waals surface area contributed by atoms with Gasteiger partial charge < -0.3 is 15.5 Å².